The number of amides is 1. The van der Waals surface area contributed by atoms with E-state index in [9.17, 15) is 4.79 Å². The van der Waals surface area contributed by atoms with Gasteiger partial charge in [0.2, 0.25) is 6.41 Å². The Kier molecular flexibility index (Phi) is 5.19. The van der Waals surface area contributed by atoms with Crippen LogP contribution in [0.25, 0.3) is 10.9 Å². The van der Waals surface area contributed by atoms with Crippen LogP contribution < -0.4 is 10.6 Å². The number of carbonyl (C=O) groups is 1. The zero-order valence-corrected chi connectivity index (χ0v) is 16.3. The molecule has 0 spiro atoms. The van der Waals surface area contributed by atoms with Gasteiger partial charge in [0.15, 0.2) is 0 Å². The fraction of sp³-hybridized carbons (Fsp3) is 0.250. The quantitative estimate of drug-likeness (QED) is 0.444. The first-order valence-electron chi connectivity index (χ1n) is 9.31. The Hall–Kier alpha value is -3.75. The lowest BCUT2D eigenvalue weighted by Gasteiger charge is -2.14. The number of aromatic nitrogens is 6. The molecule has 0 fully saturated rings. The van der Waals surface area contributed by atoms with Crippen LogP contribution in [0.3, 0.4) is 0 Å². The molecular formula is C20H22N8O. The highest BCUT2D eigenvalue weighted by molar-refractivity contribution is 5.83. The third-order valence-corrected chi connectivity index (χ3v) is 4.83. The minimum atomic E-state index is -0.159. The summed E-state index contributed by atoms with van der Waals surface area (Å²) in [7, 11) is 3.74. The number of fused-ring (bicyclic) bond motifs is 1. The van der Waals surface area contributed by atoms with Gasteiger partial charge in [0, 0.05) is 32.1 Å². The summed E-state index contributed by atoms with van der Waals surface area (Å²) in [4.78, 5) is 15.7. The SMILES string of the molecule is CNc1cc2cnn(C)c2c(Cn2cc(CC(NC=O)c3ccccc3)nn2)n1. The van der Waals surface area contributed by atoms with Gasteiger partial charge in [0.1, 0.15) is 5.82 Å². The van der Waals surface area contributed by atoms with Gasteiger partial charge >= 0.3 is 0 Å². The smallest absolute Gasteiger partial charge is 0.207 e. The van der Waals surface area contributed by atoms with E-state index in [4.69, 9.17) is 0 Å². The lowest BCUT2D eigenvalue weighted by molar-refractivity contribution is -0.110. The van der Waals surface area contributed by atoms with Crippen molar-refractivity contribution in [2.75, 3.05) is 12.4 Å². The Morgan fingerprint density at radius 1 is 1.24 bits per heavy atom. The van der Waals surface area contributed by atoms with Gasteiger partial charge in [-0.05, 0) is 11.6 Å². The first kappa shape index (κ1) is 18.6. The molecule has 4 rings (SSSR count). The second kappa shape index (κ2) is 8.09. The van der Waals surface area contributed by atoms with Crippen molar-refractivity contribution in [3.63, 3.8) is 0 Å². The number of aryl methyl sites for hydroxylation is 1. The Morgan fingerprint density at radius 2 is 2.07 bits per heavy atom. The maximum atomic E-state index is 11.0. The molecule has 0 aliphatic carbocycles. The average Bonchev–Trinajstić information content (AvgIpc) is 3.34. The topological polar surface area (TPSA) is 103 Å². The summed E-state index contributed by atoms with van der Waals surface area (Å²) in [5.74, 6) is 0.778. The van der Waals surface area contributed by atoms with Crippen LogP contribution in [-0.2, 0) is 24.8 Å². The van der Waals surface area contributed by atoms with E-state index in [1.165, 1.54) is 0 Å². The van der Waals surface area contributed by atoms with E-state index in [0.717, 1.165) is 33.7 Å². The van der Waals surface area contributed by atoms with Crippen LogP contribution in [-0.4, -0.2) is 43.2 Å². The monoisotopic (exact) mass is 390 g/mol. The molecule has 9 heteroatoms. The van der Waals surface area contributed by atoms with Crippen LogP contribution >= 0.6 is 0 Å². The number of nitrogens with zero attached hydrogens (tertiary/aromatic N) is 6. The number of benzene rings is 1. The molecule has 1 aromatic carbocycles. The highest BCUT2D eigenvalue weighted by atomic mass is 16.1. The number of anilines is 1. The molecule has 4 aromatic rings. The molecule has 3 aromatic heterocycles. The number of pyridine rings is 1. The van der Waals surface area contributed by atoms with Gasteiger partial charge in [-0.1, -0.05) is 35.5 Å². The highest BCUT2D eigenvalue weighted by Crippen LogP contribution is 2.21. The van der Waals surface area contributed by atoms with Crippen molar-refractivity contribution in [3.8, 4) is 0 Å². The van der Waals surface area contributed by atoms with Gasteiger partial charge in [-0.15, -0.1) is 5.10 Å². The van der Waals surface area contributed by atoms with E-state index in [1.54, 1.807) is 4.68 Å². The summed E-state index contributed by atoms with van der Waals surface area (Å²) in [5.41, 5.74) is 3.63. The lowest BCUT2D eigenvalue weighted by atomic mass is 10.0. The maximum absolute atomic E-state index is 11.0. The predicted molar refractivity (Wildman–Crippen MR) is 109 cm³/mol. The van der Waals surface area contributed by atoms with Crippen molar-refractivity contribution >= 4 is 23.1 Å². The van der Waals surface area contributed by atoms with Crippen molar-refractivity contribution in [3.05, 3.63) is 65.7 Å². The second-order valence-corrected chi connectivity index (χ2v) is 6.77. The van der Waals surface area contributed by atoms with Crippen molar-refractivity contribution in [2.24, 2.45) is 7.05 Å². The first-order valence-corrected chi connectivity index (χ1v) is 9.31. The molecule has 2 N–H and O–H groups in total. The summed E-state index contributed by atoms with van der Waals surface area (Å²) in [6.07, 6.45) is 4.98. The Balaban J connectivity index is 1.57. The predicted octanol–water partition coefficient (Wildman–Crippen LogP) is 1.68. The zero-order valence-electron chi connectivity index (χ0n) is 16.3. The van der Waals surface area contributed by atoms with Gasteiger partial charge < -0.3 is 10.6 Å². The molecule has 3 heterocycles. The third-order valence-electron chi connectivity index (χ3n) is 4.83. The van der Waals surface area contributed by atoms with Gasteiger partial charge in [-0.2, -0.15) is 5.10 Å². The van der Waals surface area contributed by atoms with Gasteiger partial charge in [0.05, 0.1) is 35.7 Å². The zero-order chi connectivity index (χ0) is 20.2. The minimum absolute atomic E-state index is 0.159. The molecule has 1 atom stereocenters. The van der Waals surface area contributed by atoms with Crippen LogP contribution in [0.2, 0.25) is 0 Å². The molecule has 0 saturated heterocycles. The first-order chi connectivity index (χ1) is 14.2. The Bertz CT molecular complexity index is 1120. The van der Waals surface area contributed by atoms with Crippen LogP contribution in [0.5, 0.6) is 0 Å². The highest BCUT2D eigenvalue weighted by Gasteiger charge is 2.15. The summed E-state index contributed by atoms with van der Waals surface area (Å²) >= 11 is 0. The maximum Gasteiger partial charge on any atom is 0.207 e. The molecule has 148 valence electrons. The van der Waals surface area contributed by atoms with Crippen LogP contribution in [0, 0.1) is 0 Å². The normalized spacial score (nSPS) is 12.1. The standard InChI is InChI=1S/C20H22N8O/c1-21-19-8-15-10-23-27(2)20(15)18(24-19)12-28-11-16(25-26-28)9-17(22-13-29)14-6-4-3-5-7-14/h3-8,10-11,13,17H,9,12H2,1-2H3,(H,21,24)(H,22,29). The third kappa shape index (κ3) is 3.93. The fourth-order valence-electron chi connectivity index (χ4n) is 3.44. The van der Waals surface area contributed by atoms with Gasteiger partial charge in [-0.3, -0.25) is 9.48 Å². The molecular weight excluding hydrogens is 368 g/mol. The van der Waals surface area contributed by atoms with Crippen molar-refractivity contribution in [2.45, 2.75) is 19.0 Å². The molecule has 29 heavy (non-hydrogen) atoms. The number of nitrogens with one attached hydrogen (secondary N) is 2. The van der Waals surface area contributed by atoms with E-state index in [2.05, 4.69) is 31.0 Å². The largest absolute Gasteiger partial charge is 0.373 e. The number of hydrogen-bond donors (Lipinski definition) is 2. The summed E-state index contributed by atoms with van der Waals surface area (Å²) in [6, 6.07) is 11.6. The van der Waals surface area contributed by atoms with Crippen molar-refractivity contribution < 1.29 is 4.79 Å². The fourth-order valence-corrected chi connectivity index (χ4v) is 3.44. The van der Waals surface area contributed by atoms with E-state index in [0.29, 0.717) is 19.4 Å². The average molecular weight is 390 g/mol. The number of carbonyl (C=O) groups excluding carboxylic acids is 1. The number of hydrogen-bond acceptors (Lipinski definition) is 6. The molecule has 1 unspecified atom stereocenters. The van der Waals surface area contributed by atoms with E-state index in [-0.39, 0.29) is 6.04 Å². The summed E-state index contributed by atoms with van der Waals surface area (Å²) in [5, 5.41) is 19.8. The Labute approximate surface area is 167 Å². The minimum Gasteiger partial charge on any atom is -0.373 e. The van der Waals surface area contributed by atoms with E-state index >= 15 is 0 Å². The van der Waals surface area contributed by atoms with Crippen LogP contribution in [0.4, 0.5) is 5.82 Å². The van der Waals surface area contributed by atoms with Gasteiger partial charge in [-0.25, -0.2) is 9.67 Å². The summed E-state index contributed by atoms with van der Waals surface area (Å²) < 4.78 is 3.57. The molecule has 0 saturated carbocycles. The molecule has 0 bridgehead atoms. The van der Waals surface area contributed by atoms with Crippen molar-refractivity contribution in [1.82, 2.24) is 35.1 Å². The molecule has 9 nitrogen and oxygen atoms in total. The van der Waals surface area contributed by atoms with Crippen LogP contribution in [0.1, 0.15) is 23.0 Å². The second-order valence-electron chi connectivity index (χ2n) is 6.77. The Morgan fingerprint density at radius 3 is 2.83 bits per heavy atom. The molecule has 0 aliphatic heterocycles. The molecule has 0 radical (unpaired) electrons. The molecule has 1 amide bonds. The van der Waals surface area contributed by atoms with E-state index < -0.39 is 0 Å². The van der Waals surface area contributed by atoms with Crippen LogP contribution in [0.15, 0.2) is 48.8 Å². The molecule has 0 aliphatic rings. The van der Waals surface area contributed by atoms with Crippen molar-refractivity contribution in [1.29, 1.82) is 0 Å². The summed E-state index contributed by atoms with van der Waals surface area (Å²) in [6.45, 7) is 0.468. The number of rotatable bonds is 8. The van der Waals surface area contributed by atoms with E-state index in [1.807, 2.05) is 67.6 Å². The lowest BCUT2D eigenvalue weighted by Crippen LogP contribution is -2.21. The van der Waals surface area contributed by atoms with Gasteiger partial charge in [0.25, 0.3) is 0 Å².